The van der Waals surface area contributed by atoms with E-state index in [0.717, 1.165) is 28.7 Å². The van der Waals surface area contributed by atoms with Crippen LogP contribution >= 0.6 is 12.2 Å². The minimum absolute atomic E-state index is 0.190. The number of hydrogen-bond donors (Lipinski definition) is 2. The highest BCUT2D eigenvalue weighted by Gasteiger charge is 2.10. The highest BCUT2D eigenvalue weighted by molar-refractivity contribution is 7.71. The van der Waals surface area contributed by atoms with Gasteiger partial charge in [-0.2, -0.15) is 0 Å². The van der Waals surface area contributed by atoms with Gasteiger partial charge >= 0.3 is 0 Å². The normalized spacial score (nSPS) is 11.2. The summed E-state index contributed by atoms with van der Waals surface area (Å²) in [6.45, 7) is 1.13. The van der Waals surface area contributed by atoms with Gasteiger partial charge in [0.15, 0.2) is 4.77 Å². The Labute approximate surface area is 194 Å². The van der Waals surface area contributed by atoms with Crippen molar-refractivity contribution in [2.75, 3.05) is 0 Å². The third-order valence-electron chi connectivity index (χ3n) is 5.72. The quantitative estimate of drug-likeness (QED) is 0.394. The lowest BCUT2D eigenvalue weighted by molar-refractivity contribution is 0.0951. The van der Waals surface area contributed by atoms with Gasteiger partial charge in [-0.25, -0.2) is 4.98 Å². The molecule has 0 aliphatic heterocycles. The van der Waals surface area contributed by atoms with Gasteiger partial charge in [0.25, 0.3) is 11.5 Å². The lowest BCUT2D eigenvalue weighted by atomic mass is 10.1. The molecular weight excluding hydrogens is 434 g/mol. The number of carbonyl (C=O) groups is 1. The molecule has 7 nitrogen and oxygen atoms in total. The molecule has 3 aromatic carbocycles. The topological polar surface area (TPSA) is 84.7 Å². The van der Waals surface area contributed by atoms with Gasteiger partial charge in [0.2, 0.25) is 0 Å². The maximum Gasteiger partial charge on any atom is 0.261 e. The molecule has 0 bridgehead atoms. The third-order valence-corrected chi connectivity index (χ3v) is 6.10. The van der Waals surface area contributed by atoms with E-state index in [4.69, 9.17) is 12.2 Å². The number of aromatic amines is 1. The molecule has 164 valence electrons. The Kier molecular flexibility index (Phi) is 5.35. The zero-order chi connectivity index (χ0) is 22.9. The molecule has 0 saturated carbocycles. The van der Waals surface area contributed by atoms with Gasteiger partial charge in [-0.15, -0.1) is 0 Å². The van der Waals surface area contributed by atoms with Gasteiger partial charge in [0.05, 0.1) is 28.3 Å². The first-order valence-corrected chi connectivity index (χ1v) is 10.9. The first-order valence-electron chi connectivity index (χ1n) is 10.5. The molecule has 2 N–H and O–H groups in total. The molecule has 1 amide bonds. The van der Waals surface area contributed by atoms with Crippen LogP contribution in [0, 0.1) is 4.77 Å². The number of benzene rings is 3. The molecule has 0 atom stereocenters. The van der Waals surface area contributed by atoms with Crippen LogP contribution in [0.5, 0.6) is 0 Å². The summed E-state index contributed by atoms with van der Waals surface area (Å²) in [5, 5.41) is 3.42. The van der Waals surface area contributed by atoms with Crippen molar-refractivity contribution in [1.29, 1.82) is 0 Å². The summed E-state index contributed by atoms with van der Waals surface area (Å²) in [4.78, 5) is 32.4. The van der Waals surface area contributed by atoms with Crippen molar-refractivity contribution >= 4 is 40.1 Å². The average Bonchev–Trinajstić information content (AvgIpc) is 3.24. The Morgan fingerprint density at radius 2 is 1.82 bits per heavy atom. The third kappa shape index (κ3) is 4.08. The summed E-state index contributed by atoms with van der Waals surface area (Å²) in [7, 11) is 1.62. The van der Waals surface area contributed by atoms with Crippen LogP contribution in [0.15, 0.2) is 77.9 Å². The predicted octanol–water partition coefficient (Wildman–Crippen LogP) is 3.92. The number of carbonyl (C=O) groups excluding carboxylic acids is 1. The molecule has 2 heterocycles. The minimum Gasteiger partial charge on any atom is -0.348 e. The van der Waals surface area contributed by atoms with Gasteiger partial charge < -0.3 is 14.9 Å². The first-order chi connectivity index (χ1) is 16.0. The Morgan fingerprint density at radius 1 is 1.06 bits per heavy atom. The van der Waals surface area contributed by atoms with Gasteiger partial charge in [-0.1, -0.05) is 36.4 Å². The number of rotatable bonds is 5. The number of hydrogen-bond acceptors (Lipinski definition) is 4. The summed E-state index contributed by atoms with van der Waals surface area (Å²) in [5.41, 5.74) is 5.05. The largest absolute Gasteiger partial charge is 0.348 e. The van der Waals surface area contributed by atoms with Crippen LogP contribution in [-0.2, 0) is 20.1 Å². The standard InChI is InChI=1S/C25H21N5O2S/c1-29-24(32)19-11-10-18(12-21(19)28-25(29)33)23(31)26-13-16-6-8-17(9-7-16)14-30-15-27-20-4-2-3-5-22(20)30/h2-12,15H,13-14H2,1H3,(H,26,31)(H,28,33). The zero-order valence-corrected chi connectivity index (χ0v) is 18.7. The lowest BCUT2D eigenvalue weighted by Gasteiger charge is -2.09. The monoisotopic (exact) mass is 455 g/mol. The van der Waals surface area contributed by atoms with E-state index in [1.807, 2.05) is 36.7 Å². The molecule has 0 unspecified atom stereocenters. The Morgan fingerprint density at radius 3 is 2.64 bits per heavy atom. The van der Waals surface area contributed by atoms with Crippen LogP contribution in [0.2, 0.25) is 0 Å². The number of fused-ring (bicyclic) bond motifs is 2. The zero-order valence-electron chi connectivity index (χ0n) is 17.9. The summed E-state index contributed by atoms with van der Waals surface area (Å²) in [6.07, 6.45) is 1.85. The van der Waals surface area contributed by atoms with E-state index in [1.54, 1.807) is 25.2 Å². The molecule has 0 spiro atoms. The first kappa shape index (κ1) is 20.8. The summed E-state index contributed by atoms with van der Waals surface area (Å²) in [5.74, 6) is -0.217. The van der Waals surface area contributed by atoms with Crippen LogP contribution in [0.1, 0.15) is 21.5 Å². The number of para-hydroxylation sites is 2. The van der Waals surface area contributed by atoms with E-state index in [0.29, 0.717) is 27.8 Å². The SMILES string of the molecule is Cn1c(=S)[nH]c2cc(C(=O)NCc3ccc(Cn4cnc5ccccc54)cc3)ccc2c1=O. The minimum atomic E-state index is -0.217. The van der Waals surface area contributed by atoms with Crippen LogP contribution in [0.4, 0.5) is 0 Å². The summed E-state index contributed by atoms with van der Waals surface area (Å²) in [6, 6.07) is 21.1. The molecule has 5 aromatic rings. The van der Waals surface area contributed by atoms with E-state index >= 15 is 0 Å². The average molecular weight is 456 g/mol. The number of H-pyrrole nitrogens is 1. The van der Waals surface area contributed by atoms with E-state index < -0.39 is 0 Å². The van der Waals surface area contributed by atoms with Crippen LogP contribution in [-0.4, -0.2) is 25.0 Å². The highest BCUT2D eigenvalue weighted by Crippen LogP contribution is 2.15. The number of amides is 1. The molecule has 0 aliphatic rings. The lowest BCUT2D eigenvalue weighted by Crippen LogP contribution is -2.23. The summed E-state index contributed by atoms with van der Waals surface area (Å²) < 4.78 is 3.80. The van der Waals surface area contributed by atoms with Gasteiger partial charge in [-0.3, -0.25) is 14.2 Å². The van der Waals surface area contributed by atoms with Crippen LogP contribution < -0.4 is 10.9 Å². The molecule has 5 rings (SSSR count). The molecule has 0 saturated heterocycles. The molecular formula is C25H21N5O2S. The van der Waals surface area contributed by atoms with Crippen LogP contribution in [0.3, 0.4) is 0 Å². The van der Waals surface area contributed by atoms with E-state index in [9.17, 15) is 9.59 Å². The smallest absolute Gasteiger partial charge is 0.261 e. The number of nitrogens with one attached hydrogen (secondary N) is 2. The second-order valence-corrected chi connectivity index (χ2v) is 8.30. The van der Waals surface area contributed by atoms with Crippen molar-refractivity contribution < 1.29 is 4.79 Å². The Bertz CT molecular complexity index is 1610. The van der Waals surface area contributed by atoms with Crippen molar-refractivity contribution in [2.24, 2.45) is 7.05 Å². The van der Waals surface area contributed by atoms with Crippen LogP contribution in [0.25, 0.3) is 21.9 Å². The van der Waals surface area contributed by atoms with Crippen molar-refractivity contribution in [3.8, 4) is 0 Å². The molecule has 0 aliphatic carbocycles. The van der Waals surface area contributed by atoms with E-state index in [-0.39, 0.29) is 11.5 Å². The molecule has 8 heteroatoms. The predicted molar refractivity (Wildman–Crippen MR) is 131 cm³/mol. The number of imidazole rings is 1. The Balaban J connectivity index is 1.26. The maximum absolute atomic E-state index is 12.7. The van der Waals surface area contributed by atoms with Gasteiger partial charge in [-0.05, 0) is 53.7 Å². The summed E-state index contributed by atoms with van der Waals surface area (Å²) >= 11 is 5.16. The number of nitrogens with zero attached hydrogens (tertiary/aromatic N) is 3. The van der Waals surface area contributed by atoms with Crippen molar-refractivity contribution in [1.82, 2.24) is 24.4 Å². The van der Waals surface area contributed by atoms with Crippen molar-refractivity contribution in [3.05, 3.63) is 105 Å². The fourth-order valence-corrected chi connectivity index (χ4v) is 4.02. The second-order valence-electron chi connectivity index (χ2n) is 7.92. The Hall–Kier alpha value is -4.04. The molecule has 0 fully saturated rings. The van der Waals surface area contributed by atoms with E-state index in [1.165, 1.54) is 4.57 Å². The van der Waals surface area contributed by atoms with Gasteiger partial charge in [0, 0.05) is 25.7 Å². The van der Waals surface area contributed by atoms with Crippen molar-refractivity contribution in [2.45, 2.75) is 13.1 Å². The van der Waals surface area contributed by atoms with Gasteiger partial charge in [0.1, 0.15) is 0 Å². The maximum atomic E-state index is 12.7. The number of aromatic nitrogens is 4. The highest BCUT2D eigenvalue weighted by atomic mass is 32.1. The van der Waals surface area contributed by atoms with Crippen molar-refractivity contribution in [3.63, 3.8) is 0 Å². The fourth-order valence-electron chi connectivity index (χ4n) is 3.83. The molecule has 0 radical (unpaired) electrons. The molecule has 33 heavy (non-hydrogen) atoms. The van der Waals surface area contributed by atoms with E-state index in [2.05, 4.69) is 38.1 Å². The fraction of sp³-hybridized carbons (Fsp3) is 0.120. The molecule has 2 aromatic heterocycles. The second kappa shape index (κ2) is 8.48.